The van der Waals surface area contributed by atoms with Crippen LogP contribution in [0.1, 0.15) is 43.3 Å². The van der Waals surface area contributed by atoms with Gasteiger partial charge in [-0.2, -0.15) is 11.8 Å². The van der Waals surface area contributed by atoms with Crippen LogP contribution in [-0.4, -0.2) is 65.6 Å². The van der Waals surface area contributed by atoms with Crippen molar-refractivity contribution < 1.29 is 0 Å². The summed E-state index contributed by atoms with van der Waals surface area (Å²) in [5, 5.41) is 10.2. The van der Waals surface area contributed by atoms with Gasteiger partial charge in [-0.1, -0.05) is 12.8 Å². The molecule has 0 atom stereocenters. The number of aliphatic imine (C=N–C) groups is 1. The predicted octanol–water partition coefficient (Wildman–Crippen LogP) is 3.53. The second-order valence-corrected chi connectivity index (χ2v) is 9.55. The van der Waals surface area contributed by atoms with E-state index in [2.05, 4.69) is 51.5 Å². The molecule has 1 aliphatic carbocycles. The van der Waals surface area contributed by atoms with Crippen molar-refractivity contribution in [1.29, 1.82) is 0 Å². The van der Waals surface area contributed by atoms with Gasteiger partial charge in [0.1, 0.15) is 0 Å². The molecule has 1 aromatic rings. The lowest BCUT2D eigenvalue weighted by Crippen LogP contribution is -2.53. The van der Waals surface area contributed by atoms with E-state index in [1.807, 2.05) is 0 Å². The van der Waals surface area contributed by atoms with E-state index in [4.69, 9.17) is 4.99 Å². The number of hydrogen-bond donors (Lipinski definition) is 2. The van der Waals surface area contributed by atoms with E-state index in [1.165, 1.54) is 56.0 Å². The Bertz CT molecular complexity index is 580. The third kappa shape index (κ3) is 6.75. The molecule has 154 valence electrons. The third-order valence-electron chi connectivity index (χ3n) is 5.43. The summed E-state index contributed by atoms with van der Waals surface area (Å²) in [4.78, 5) is 12.3. The molecule has 0 spiro atoms. The van der Waals surface area contributed by atoms with Gasteiger partial charge in [0.05, 0.1) is 17.2 Å². The fraction of sp³-hybridized carbons (Fsp3) is 0.789. The Morgan fingerprint density at radius 1 is 1.26 bits per heavy atom. The summed E-state index contributed by atoms with van der Waals surface area (Å²) in [5.74, 6) is 3.50. The number of nitrogens with zero attached hydrogens (tertiary/aromatic N) is 3. The molecule has 1 saturated carbocycles. The van der Waals surface area contributed by atoms with Crippen molar-refractivity contribution in [1.82, 2.24) is 20.5 Å². The minimum Gasteiger partial charge on any atom is -0.357 e. The van der Waals surface area contributed by atoms with Gasteiger partial charge in [-0.05, 0) is 26.7 Å². The van der Waals surface area contributed by atoms with Crippen LogP contribution in [0.2, 0.25) is 0 Å². The molecule has 0 radical (unpaired) electrons. The number of halogens is 1. The summed E-state index contributed by atoms with van der Waals surface area (Å²) in [6.07, 6.45) is 6.26. The topological polar surface area (TPSA) is 52.6 Å². The number of aromatic nitrogens is 1. The highest BCUT2D eigenvalue weighted by molar-refractivity contribution is 14.0. The van der Waals surface area contributed by atoms with Crippen molar-refractivity contribution >= 4 is 53.0 Å². The number of thioether (sulfide) groups is 1. The molecular weight excluding hydrogens is 489 g/mol. The maximum atomic E-state index is 5.01. The summed E-state index contributed by atoms with van der Waals surface area (Å²) in [6.45, 7) is 9.35. The summed E-state index contributed by atoms with van der Waals surface area (Å²) in [6, 6.07) is 0. The Hall–Kier alpha value is -0.0600. The highest BCUT2D eigenvalue weighted by Gasteiger charge is 2.39. The lowest BCUT2D eigenvalue weighted by Gasteiger charge is -2.42. The number of nitrogens with one attached hydrogen (secondary N) is 2. The number of rotatable bonds is 7. The van der Waals surface area contributed by atoms with Gasteiger partial charge in [-0.3, -0.25) is 9.89 Å². The van der Waals surface area contributed by atoms with E-state index in [0.717, 1.165) is 37.0 Å². The van der Waals surface area contributed by atoms with Gasteiger partial charge < -0.3 is 10.6 Å². The maximum Gasteiger partial charge on any atom is 0.191 e. The van der Waals surface area contributed by atoms with Crippen LogP contribution in [0.15, 0.2) is 10.4 Å². The van der Waals surface area contributed by atoms with E-state index in [-0.39, 0.29) is 24.0 Å². The SMILES string of the molecule is CCNC(=NCC1(N2CCSCC2)CCCC1)NCCc1csc(C)n1.I. The average molecular weight is 524 g/mol. The van der Waals surface area contributed by atoms with Gasteiger partial charge in [0, 0.05) is 55.0 Å². The van der Waals surface area contributed by atoms with Crippen LogP contribution in [0.5, 0.6) is 0 Å². The Morgan fingerprint density at radius 3 is 2.63 bits per heavy atom. The van der Waals surface area contributed by atoms with Crippen molar-refractivity contribution in [3.8, 4) is 0 Å². The van der Waals surface area contributed by atoms with Crippen LogP contribution in [0.3, 0.4) is 0 Å². The van der Waals surface area contributed by atoms with Gasteiger partial charge in [-0.15, -0.1) is 35.3 Å². The van der Waals surface area contributed by atoms with Crippen molar-refractivity contribution in [3.05, 3.63) is 16.1 Å². The van der Waals surface area contributed by atoms with Crippen LogP contribution >= 0.6 is 47.1 Å². The zero-order chi connectivity index (χ0) is 18.2. The van der Waals surface area contributed by atoms with Gasteiger partial charge >= 0.3 is 0 Å². The summed E-state index contributed by atoms with van der Waals surface area (Å²) in [7, 11) is 0. The molecule has 5 nitrogen and oxygen atoms in total. The number of guanidine groups is 1. The molecule has 2 heterocycles. The summed E-state index contributed by atoms with van der Waals surface area (Å²) >= 11 is 3.82. The second kappa shape index (κ2) is 11.8. The predicted molar refractivity (Wildman–Crippen MR) is 130 cm³/mol. The highest BCUT2D eigenvalue weighted by atomic mass is 127. The van der Waals surface area contributed by atoms with E-state index in [1.54, 1.807) is 11.3 Å². The Morgan fingerprint density at radius 2 is 2.00 bits per heavy atom. The van der Waals surface area contributed by atoms with Crippen molar-refractivity contribution in [2.45, 2.75) is 51.5 Å². The lowest BCUT2D eigenvalue weighted by atomic mass is 9.95. The fourth-order valence-corrected chi connectivity index (χ4v) is 5.60. The van der Waals surface area contributed by atoms with Crippen molar-refractivity contribution in [2.24, 2.45) is 4.99 Å². The molecule has 0 bridgehead atoms. The molecule has 0 unspecified atom stereocenters. The van der Waals surface area contributed by atoms with Gasteiger partial charge in [0.2, 0.25) is 0 Å². The molecule has 1 aliphatic heterocycles. The quantitative estimate of drug-likeness (QED) is 0.326. The van der Waals surface area contributed by atoms with Crippen molar-refractivity contribution in [3.63, 3.8) is 0 Å². The first kappa shape index (κ1) is 23.2. The van der Waals surface area contributed by atoms with Crippen LogP contribution in [0.4, 0.5) is 0 Å². The minimum atomic E-state index is 0. The summed E-state index contributed by atoms with van der Waals surface area (Å²) in [5.41, 5.74) is 1.48. The Balaban J connectivity index is 0.00000261. The minimum absolute atomic E-state index is 0. The Kier molecular flexibility index (Phi) is 10.2. The van der Waals surface area contributed by atoms with E-state index in [0.29, 0.717) is 5.54 Å². The van der Waals surface area contributed by atoms with Gasteiger partial charge in [0.15, 0.2) is 5.96 Å². The standard InChI is InChI=1S/C19H33N5S2.HI/c1-3-20-18(21-9-6-17-14-26-16(2)23-17)22-15-19(7-4-5-8-19)24-10-12-25-13-11-24;/h14H,3-13,15H2,1-2H3,(H2,20,21,22);1H. The molecule has 2 N–H and O–H groups in total. The average Bonchev–Trinajstić information content (AvgIpc) is 3.30. The zero-order valence-electron chi connectivity index (χ0n) is 16.6. The molecule has 1 saturated heterocycles. The van der Waals surface area contributed by atoms with Crippen LogP contribution in [0.25, 0.3) is 0 Å². The summed E-state index contributed by atoms with van der Waals surface area (Å²) < 4.78 is 0. The smallest absolute Gasteiger partial charge is 0.191 e. The van der Waals surface area contributed by atoms with Crippen LogP contribution in [-0.2, 0) is 6.42 Å². The van der Waals surface area contributed by atoms with E-state index >= 15 is 0 Å². The van der Waals surface area contributed by atoms with Crippen LogP contribution < -0.4 is 10.6 Å². The van der Waals surface area contributed by atoms with Gasteiger partial charge in [-0.25, -0.2) is 4.98 Å². The molecule has 3 rings (SSSR count). The van der Waals surface area contributed by atoms with Crippen LogP contribution in [0, 0.1) is 6.92 Å². The number of thiazole rings is 1. The zero-order valence-corrected chi connectivity index (χ0v) is 20.6. The third-order valence-corrected chi connectivity index (χ3v) is 7.20. The fourth-order valence-electron chi connectivity index (χ4n) is 4.05. The molecule has 2 fully saturated rings. The second-order valence-electron chi connectivity index (χ2n) is 7.26. The molecule has 2 aliphatic rings. The molecule has 8 heteroatoms. The van der Waals surface area contributed by atoms with E-state index < -0.39 is 0 Å². The maximum absolute atomic E-state index is 5.01. The van der Waals surface area contributed by atoms with Crippen molar-refractivity contribution in [2.75, 3.05) is 44.2 Å². The molecular formula is C19H34IN5S2. The number of aryl methyl sites for hydroxylation is 1. The normalized spacial score (nSPS) is 20.3. The molecule has 1 aromatic heterocycles. The largest absolute Gasteiger partial charge is 0.357 e. The first-order valence-corrected chi connectivity index (χ1v) is 12.0. The lowest BCUT2D eigenvalue weighted by molar-refractivity contribution is 0.112. The first-order chi connectivity index (χ1) is 12.7. The molecule has 0 aromatic carbocycles. The monoisotopic (exact) mass is 523 g/mol. The Labute approximate surface area is 189 Å². The van der Waals surface area contributed by atoms with Gasteiger partial charge in [0.25, 0.3) is 0 Å². The number of hydrogen-bond acceptors (Lipinski definition) is 5. The molecule has 27 heavy (non-hydrogen) atoms. The molecule has 0 amide bonds. The van der Waals surface area contributed by atoms with E-state index in [9.17, 15) is 0 Å². The highest BCUT2D eigenvalue weighted by Crippen LogP contribution is 2.37. The first-order valence-electron chi connectivity index (χ1n) is 9.98.